The van der Waals surface area contributed by atoms with Gasteiger partial charge in [0.2, 0.25) is 0 Å². The van der Waals surface area contributed by atoms with Crippen LogP contribution >= 0.6 is 0 Å². The van der Waals surface area contributed by atoms with Crippen molar-refractivity contribution in [1.29, 1.82) is 0 Å². The van der Waals surface area contributed by atoms with Crippen molar-refractivity contribution in [3.63, 3.8) is 0 Å². The van der Waals surface area contributed by atoms with Crippen LogP contribution in [0.3, 0.4) is 0 Å². The zero-order chi connectivity index (χ0) is 14.9. The van der Waals surface area contributed by atoms with Crippen molar-refractivity contribution in [2.45, 2.75) is 19.5 Å². The Bertz CT molecular complexity index is 665. The number of aromatic nitrogens is 1. The Hall–Kier alpha value is -2.11. The van der Waals surface area contributed by atoms with Gasteiger partial charge in [-0.15, -0.1) is 0 Å². The van der Waals surface area contributed by atoms with E-state index in [1.165, 1.54) is 19.2 Å². The molecule has 0 unspecified atom stereocenters. The van der Waals surface area contributed by atoms with E-state index < -0.39 is 17.7 Å². The lowest BCUT2D eigenvalue weighted by molar-refractivity contribution is -0.139. The number of benzene rings is 1. The Balaban J connectivity index is 2.69. The molecule has 2 aromatic rings. The van der Waals surface area contributed by atoms with Crippen LogP contribution in [0.4, 0.5) is 13.2 Å². The van der Waals surface area contributed by atoms with Crippen LogP contribution < -0.4 is 0 Å². The zero-order valence-corrected chi connectivity index (χ0v) is 10.9. The maximum absolute atomic E-state index is 13.0. The maximum Gasteiger partial charge on any atom is 0.418 e. The molecule has 0 aliphatic heterocycles. The molecule has 0 amide bonds. The van der Waals surface area contributed by atoms with Gasteiger partial charge in [0.25, 0.3) is 0 Å². The van der Waals surface area contributed by atoms with E-state index in [2.05, 4.69) is 9.72 Å². The Kier molecular flexibility index (Phi) is 3.65. The normalized spacial score (nSPS) is 11.7. The molecule has 2 rings (SSSR count). The molecule has 20 heavy (non-hydrogen) atoms. The standard InChI is InChI=1S/C14H12F3NO2/c1-8-6-9(7-12(19)20-2)10-4-3-5-11(13(10)18-8)14(15,16)17/h3-6H,7H2,1-2H3. The van der Waals surface area contributed by atoms with Gasteiger partial charge < -0.3 is 4.74 Å². The van der Waals surface area contributed by atoms with Crippen LogP contribution in [-0.2, 0) is 22.1 Å². The fourth-order valence-corrected chi connectivity index (χ4v) is 2.06. The van der Waals surface area contributed by atoms with E-state index in [1.54, 1.807) is 13.0 Å². The van der Waals surface area contributed by atoms with Crippen LogP contribution in [0.2, 0.25) is 0 Å². The number of carbonyl (C=O) groups is 1. The summed E-state index contributed by atoms with van der Waals surface area (Å²) in [5.74, 6) is -0.505. The number of esters is 1. The van der Waals surface area contributed by atoms with Crippen molar-refractivity contribution in [2.24, 2.45) is 0 Å². The van der Waals surface area contributed by atoms with E-state index in [9.17, 15) is 18.0 Å². The molecule has 0 atom stereocenters. The predicted molar refractivity (Wildman–Crippen MR) is 67.2 cm³/mol. The first kappa shape index (κ1) is 14.3. The third-order valence-corrected chi connectivity index (χ3v) is 2.92. The lowest BCUT2D eigenvalue weighted by atomic mass is 10.0. The summed E-state index contributed by atoms with van der Waals surface area (Å²) < 4.78 is 43.5. The van der Waals surface area contributed by atoms with Crippen LogP contribution in [0.15, 0.2) is 24.3 Å². The third kappa shape index (κ3) is 2.74. The molecular weight excluding hydrogens is 271 g/mol. The molecule has 0 radical (unpaired) electrons. The van der Waals surface area contributed by atoms with Gasteiger partial charge in [0, 0.05) is 11.1 Å². The van der Waals surface area contributed by atoms with Gasteiger partial charge in [-0.05, 0) is 24.6 Å². The highest BCUT2D eigenvalue weighted by Crippen LogP contribution is 2.35. The molecule has 0 bridgehead atoms. The van der Waals surface area contributed by atoms with Crippen molar-refractivity contribution >= 4 is 16.9 Å². The SMILES string of the molecule is COC(=O)Cc1cc(C)nc2c(C(F)(F)F)cccc12. The van der Waals surface area contributed by atoms with Gasteiger partial charge in [-0.25, -0.2) is 0 Å². The first-order valence-corrected chi connectivity index (χ1v) is 5.86. The monoisotopic (exact) mass is 283 g/mol. The van der Waals surface area contributed by atoms with Crippen LogP contribution in [0.5, 0.6) is 0 Å². The second-order valence-corrected chi connectivity index (χ2v) is 4.38. The minimum absolute atomic E-state index is 0.0856. The summed E-state index contributed by atoms with van der Waals surface area (Å²) in [6.07, 6.45) is -4.57. The first-order chi connectivity index (χ1) is 9.32. The molecule has 1 aromatic carbocycles. The number of methoxy groups -OCH3 is 1. The lowest BCUT2D eigenvalue weighted by Crippen LogP contribution is -2.09. The second-order valence-electron chi connectivity index (χ2n) is 4.38. The van der Waals surface area contributed by atoms with Crippen molar-refractivity contribution in [3.8, 4) is 0 Å². The van der Waals surface area contributed by atoms with Gasteiger partial charge >= 0.3 is 12.1 Å². The fraction of sp³-hybridized carbons (Fsp3) is 0.286. The number of alkyl halides is 3. The number of hydrogen-bond acceptors (Lipinski definition) is 3. The number of nitrogens with zero attached hydrogens (tertiary/aromatic N) is 1. The highest BCUT2D eigenvalue weighted by molar-refractivity contribution is 5.89. The number of fused-ring (bicyclic) bond motifs is 1. The summed E-state index contributed by atoms with van der Waals surface area (Å²) in [7, 11) is 1.24. The molecule has 106 valence electrons. The second kappa shape index (κ2) is 5.11. The van der Waals surface area contributed by atoms with E-state index in [4.69, 9.17) is 0 Å². The molecule has 3 nitrogen and oxygen atoms in total. The average Bonchev–Trinajstić information content (AvgIpc) is 2.36. The van der Waals surface area contributed by atoms with E-state index >= 15 is 0 Å². The molecule has 0 saturated heterocycles. The summed E-state index contributed by atoms with van der Waals surface area (Å²) in [5.41, 5.74) is -0.0396. The van der Waals surface area contributed by atoms with Gasteiger partial charge in [-0.2, -0.15) is 13.2 Å². The minimum atomic E-state index is -4.48. The molecular formula is C14H12F3NO2. The summed E-state index contributed by atoms with van der Waals surface area (Å²) >= 11 is 0. The summed E-state index contributed by atoms with van der Waals surface area (Å²) in [4.78, 5) is 15.3. The maximum atomic E-state index is 13.0. The summed E-state index contributed by atoms with van der Waals surface area (Å²) in [5, 5.41) is 0.316. The zero-order valence-electron chi connectivity index (χ0n) is 10.9. The Morgan fingerprint density at radius 2 is 2.05 bits per heavy atom. The number of ether oxygens (including phenoxy) is 1. The number of halogens is 3. The minimum Gasteiger partial charge on any atom is -0.469 e. The van der Waals surface area contributed by atoms with Crippen LogP contribution in [-0.4, -0.2) is 18.1 Å². The van der Waals surface area contributed by atoms with Crippen molar-refractivity contribution in [3.05, 3.63) is 41.1 Å². The average molecular weight is 283 g/mol. The topological polar surface area (TPSA) is 39.2 Å². The smallest absolute Gasteiger partial charge is 0.418 e. The Labute approximate surface area is 113 Å². The Morgan fingerprint density at radius 1 is 1.35 bits per heavy atom. The molecule has 0 aliphatic carbocycles. The van der Waals surface area contributed by atoms with Gasteiger partial charge in [0.1, 0.15) is 0 Å². The van der Waals surface area contributed by atoms with Gasteiger partial charge in [-0.3, -0.25) is 9.78 Å². The number of carbonyl (C=O) groups excluding carboxylic acids is 1. The summed E-state index contributed by atoms with van der Waals surface area (Å²) in [6, 6.07) is 5.41. The third-order valence-electron chi connectivity index (χ3n) is 2.92. The van der Waals surface area contributed by atoms with E-state index in [1.807, 2.05) is 0 Å². The van der Waals surface area contributed by atoms with Crippen molar-refractivity contribution < 1.29 is 22.7 Å². The number of para-hydroxylation sites is 1. The van der Waals surface area contributed by atoms with E-state index in [-0.39, 0.29) is 11.9 Å². The van der Waals surface area contributed by atoms with Crippen LogP contribution in [0, 0.1) is 6.92 Å². The molecule has 1 heterocycles. The van der Waals surface area contributed by atoms with Crippen LogP contribution in [0.1, 0.15) is 16.8 Å². The molecule has 0 spiro atoms. The van der Waals surface area contributed by atoms with Crippen molar-refractivity contribution in [2.75, 3.05) is 7.11 Å². The molecule has 6 heteroatoms. The molecule has 0 saturated carbocycles. The highest BCUT2D eigenvalue weighted by Gasteiger charge is 2.33. The predicted octanol–water partition coefficient (Wildman–Crippen LogP) is 3.28. The van der Waals surface area contributed by atoms with Gasteiger partial charge in [0.15, 0.2) is 0 Å². The molecule has 1 aromatic heterocycles. The lowest BCUT2D eigenvalue weighted by Gasteiger charge is -2.12. The molecule has 0 N–H and O–H groups in total. The molecule has 0 fully saturated rings. The number of rotatable bonds is 2. The highest BCUT2D eigenvalue weighted by atomic mass is 19.4. The van der Waals surface area contributed by atoms with Gasteiger partial charge in [-0.1, -0.05) is 12.1 Å². The van der Waals surface area contributed by atoms with Gasteiger partial charge in [0.05, 0.1) is 24.6 Å². The summed E-state index contributed by atoms with van der Waals surface area (Å²) in [6.45, 7) is 1.59. The van der Waals surface area contributed by atoms with Crippen LogP contribution in [0.25, 0.3) is 10.9 Å². The number of pyridine rings is 1. The number of aryl methyl sites for hydroxylation is 1. The quantitative estimate of drug-likeness (QED) is 0.794. The fourth-order valence-electron chi connectivity index (χ4n) is 2.06. The largest absolute Gasteiger partial charge is 0.469 e. The molecule has 0 aliphatic rings. The number of hydrogen-bond donors (Lipinski definition) is 0. The van der Waals surface area contributed by atoms with Crippen molar-refractivity contribution in [1.82, 2.24) is 4.98 Å². The van der Waals surface area contributed by atoms with E-state index in [0.717, 1.165) is 6.07 Å². The Morgan fingerprint density at radius 3 is 2.65 bits per heavy atom. The van der Waals surface area contributed by atoms with E-state index in [0.29, 0.717) is 16.6 Å². The first-order valence-electron chi connectivity index (χ1n) is 5.86.